The number of hydrogen-bond donors (Lipinski definition) is 0. The minimum atomic E-state index is -1.03. The van der Waals surface area contributed by atoms with Gasteiger partial charge in [-0.15, -0.1) is 0 Å². The molecule has 0 radical (unpaired) electrons. The van der Waals surface area contributed by atoms with Crippen LogP contribution >= 0.6 is 0 Å². The van der Waals surface area contributed by atoms with Gasteiger partial charge in [-0.2, -0.15) is 0 Å². The summed E-state index contributed by atoms with van der Waals surface area (Å²) in [5.74, 6) is -0.00765. The molecule has 0 aromatic rings. The molecule has 0 amide bonds. The van der Waals surface area contributed by atoms with Crippen molar-refractivity contribution in [2.75, 3.05) is 25.7 Å². The van der Waals surface area contributed by atoms with Crippen LogP contribution < -0.4 is 0 Å². The highest BCUT2D eigenvalue weighted by atomic mass is 32.2. The van der Waals surface area contributed by atoms with E-state index in [9.17, 15) is 9.00 Å². The summed E-state index contributed by atoms with van der Waals surface area (Å²) < 4.78 is 14.9. The van der Waals surface area contributed by atoms with Crippen LogP contribution in [0.15, 0.2) is 0 Å². The predicted octanol–water partition coefficient (Wildman–Crippen LogP) is -0.420. The topological polar surface area (TPSA) is 43.4 Å². The van der Waals surface area contributed by atoms with E-state index in [1.165, 1.54) is 13.4 Å². The van der Waals surface area contributed by atoms with Crippen LogP contribution in [0.1, 0.15) is 0 Å². The summed E-state index contributed by atoms with van der Waals surface area (Å²) in [5.41, 5.74) is 0. The summed E-state index contributed by atoms with van der Waals surface area (Å²) in [4.78, 5) is 10.5. The predicted molar refractivity (Wildman–Crippen MR) is 35.8 cm³/mol. The lowest BCUT2D eigenvalue weighted by Crippen LogP contribution is -2.14. The molecule has 0 saturated heterocycles. The summed E-state index contributed by atoms with van der Waals surface area (Å²) in [6.45, 7) is 0.0690. The van der Waals surface area contributed by atoms with Gasteiger partial charge in [0.15, 0.2) is 5.78 Å². The number of carbonyl (C=O) groups is 1. The molecule has 0 bridgehead atoms. The van der Waals surface area contributed by atoms with Crippen LogP contribution in [0.4, 0.5) is 0 Å². The maximum absolute atomic E-state index is 10.5. The van der Waals surface area contributed by atoms with Crippen LogP contribution in [0, 0.1) is 0 Å². The number of hydrogen-bond acceptors (Lipinski definition) is 3. The van der Waals surface area contributed by atoms with E-state index in [0.717, 1.165) is 0 Å². The highest BCUT2D eigenvalue weighted by molar-refractivity contribution is 7.85. The molecule has 9 heavy (non-hydrogen) atoms. The molecule has 0 heterocycles. The Morgan fingerprint density at radius 1 is 1.67 bits per heavy atom. The third-order valence-electron chi connectivity index (χ3n) is 0.670. The van der Waals surface area contributed by atoms with Gasteiger partial charge >= 0.3 is 0 Å². The van der Waals surface area contributed by atoms with Crippen molar-refractivity contribution < 1.29 is 13.7 Å². The maximum atomic E-state index is 10.5. The van der Waals surface area contributed by atoms with Gasteiger partial charge in [0.2, 0.25) is 0 Å². The lowest BCUT2D eigenvalue weighted by molar-refractivity contribution is -0.120. The molecule has 0 aliphatic rings. The van der Waals surface area contributed by atoms with Crippen LogP contribution in [0.2, 0.25) is 0 Å². The monoisotopic (exact) mass is 150 g/mol. The van der Waals surface area contributed by atoms with E-state index in [1.54, 1.807) is 0 Å². The first-order valence-electron chi connectivity index (χ1n) is 2.47. The van der Waals surface area contributed by atoms with Crippen molar-refractivity contribution in [1.82, 2.24) is 0 Å². The zero-order chi connectivity index (χ0) is 7.28. The van der Waals surface area contributed by atoms with E-state index < -0.39 is 10.8 Å². The molecular weight excluding hydrogens is 140 g/mol. The Balaban J connectivity index is 3.39. The van der Waals surface area contributed by atoms with Gasteiger partial charge in [0.1, 0.15) is 6.61 Å². The van der Waals surface area contributed by atoms with E-state index in [2.05, 4.69) is 4.74 Å². The van der Waals surface area contributed by atoms with Crippen LogP contribution in [0.25, 0.3) is 0 Å². The van der Waals surface area contributed by atoms with E-state index in [1.807, 2.05) is 0 Å². The number of ketones is 1. The van der Waals surface area contributed by atoms with Crippen molar-refractivity contribution in [1.29, 1.82) is 0 Å². The van der Waals surface area contributed by atoms with Gasteiger partial charge in [-0.3, -0.25) is 9.00 Å². The van der Waals surface area contributed by atoms with Crippen molar-refractivity contribution in [2.24, 2.45) is 0 Å². The second-order valence-electron chi connectivity index (χ2n) is 1.69. The molecule has 0 aromatic heterocycles. The van der Waals surface area contributed by atoms with Gasteiger partial charge in [-0.25, -0.2) is 0 Å². The number of Topliss-reactive ketones (excluding diaryl/α,β-unsaturated/α-hetero) is 1. The van der Waals surface area contributed by atoms with Crippen molar-refractivity contribution in [3.8, 4) is 0 Å². The van der Waals surface area contributed by atoms with Crippen LogP contribution in [0.5, 0.6) is 0 Å². The number of carbonyl (C=O) groups excluding carboxylic acids is 1. The van der Waals surface area contributed by atoms with E-state index in [4.69, 9.17) is 0 Å². The molecule has 0 rings (SSSR count). The molecule has 0 aliphatic heterocycles. The molecule has 3 nitrogen and oxygen atoms in total. The first kappa shape index (κ1) is 8.78. The smallest absolute Gasteiger partial charge is 0.170 e. The summed E-state index contributed by atoms with van der Waals surface area (Å²) in [6, 6.07) is 0. The lowest BCUT2D eigenvalue weighted by Gasteiger charge is -1.93. The van der Waals surface area contributed by atoms with E-state index >= 15 is 0 Å². The molecule has 1 unspecified atom stereocenters. The van der Waals surface area contributed by atoms with Crippen LogP contribution in [-0.2, 0) is 20.3 Å². The van der Waals surface area contributed by atoms with Gasteiger partial charge in [-0.1, -0.05) is 0 Å². The van der Waals surface area contributed by atoms with Gasteiger partial charge in [0.25, 0.3) is 0 Å². The Kier molecular flexibility index (Phi) is 4.53. The van der Waals surface area contributed by atoms with Crippen molar-refractivity contribution >= 4 is 16.6 Å². The largest absolute Gasteiger partial charge is 0.377 e. The average molecular weight is 150 g/mol. The van der Waals surface area contributed by atoms with Crippen LogP contribution in [0.3, 0.4) is 0 Å². The second-order valence-corrected chi connectivity index (χ2v) is 3.12. The average Bonchev–Trinajstić information content (AvgIpc) is 1.63. The summed E-state index contributed by atoms with van der Waals surface area (Å²) in [5, 5.41) is 0. The Bertz CT molecular complexity index is 121. The third kappa shape index (κ3) is 5.65. The first-order valence-corrected chi connectivity index (χ1v) is 4.20. The first-order chi connectivity index (χ1) is 4.16. The van der Waals surface area contributed by atoms with Crippen molar-refractivity contribution in [2.45, 2.75) is 0 Å². The fourth-order valence-corrected chi connectivity index (χ4v) is 0.966. The fraction of sp³-hybridized carbons (Fsp3) is 0.800. The Morgan fingerprint density at radius 2 is 2.22 bits per heavy atom. The third-order valence-corrected chi connectivity index (χ3v) is 1.40. The molecule has 1 atom stereocenters. The summed E-state index contributed by atoms with van der Waals surface area (Å²) >= 11 is 0. The van der Waals surface area contributed by atoms with Crippen molar-refractivity contribution in [3.05, 3.63) is 0 Å². The highest BCUT2D eigenvalue weighted by Crippen LogP contribution is 1.78. The Labute approximate surface area is 56.8 Å². The Morgan fingerprint density at radius 3 is 2.56 bits per heavy atom. The molecule has 0 aromatic carbocycles. The molecule has 0 fully saturated rings. The van der Waals surface area contributed by atoms with Crippen molar-refractivity contribution in [3.63, 3.8) is 0 Å². The van der Waals surface area contributed by atoms with Crippen LogP contribution in [-0.4, -0.2) is 35.7 Å². The molecule has 4 heteroatoms. The van der Waals surface area contributed by atoms with Gasteiger partial charge in [0, 0.05) is 24.2 Å². The normalized spacial score (nSPS) is 13.1. The molecule has 54 valence electrons. The second kappa shape index (κ2) is 4.64. The standard InChI is InChI=1S/C5H10O3S/c1-8-3-5(6)4-9(2)7/h3-4H2,1-2H3. The molecule has 0 spiro atoms. The minimum Gasteiger partial charge on any atom is -0.377 e. The lowest BCUT2D eigenvalue weighted by atomic mass is 10.5. The summed E-state index contributed by atoms with van der Waals surface area (Å²) in [6.07, 6.45) is 1.49. The van der Waals surface area contributed by atoms with E-state index in [-0.39, 0.29) is 18.1 Å². The highest BCUT2D eigenvalue weighted by Gasteiger charge is 2.01. The molecular formula is C5H10O3S. The Hall–Kier alpha value is -0.220. The molecule has 0 N–H and O–H groups in total. The summed E-state index contributed by atoms with van der Waals surface area (Å²) in [7, 11) is 0.414. The zero-order valence-electron chi connectivity index (χ0n) is 5.55. The number of ether oxygens (including phenoxy) is 1. The van der Waals surface area contributed by atoms with E-state index in [0.29, 0.717) is 0 Å². The SMILES string of the molecule is COCC(=O)CS(C)=O. The maximum Gasteiger partial charge on any atom is 0.170 e. The number of rotatable bonds is 4. The fourth-order valence-electron chi connectivity index (χ4n) is 0.429. The molecule has 0 saturated carbocycles. The minimum absolute atomic E-state index is 0.0690. The van der Waals surface area contributed by atoms with Gasteiger partial charge in [0.05, 0.1) is 5.75 Å². The van der Waals surface area contributed by atoms with Gasteiger partial charge in [-0.05, 0) is 0 Å². The quantitative estimate of drug-likeness (QED) is 0.546. The van der Waals surface area contributed by atoms with Gasteiger partial charge < -0.3 is 4.74 Å². The molecule has 0 aliphatic carbocycles. The zero-order valence-corrected chi connectivity index (χ0v) is 6.36. The number of methoxy groups -OCH3 is 1.